The van der Waals surface area contributed by atoms with Crippen molar-refractivity contribution in [2.45, 2.75) is 4.90 Å². The number of methoxy groups -OCH3 is 1. The summed E-state index contributed by atoms with van der Waals surface area (Å²) in [5, 5.41) is 0. The molecule has 1 aromatic rings. The van der Waals surface area contributed by atoms with Crippen LogP contribution in [0.1, 0.15) is 10.4 Å². The number of esters is 1. The van der Waals surface area contributed by atoms with E-state index in [-0.39, 0.29) is 22.7 Å². The molecule has 0 fully saturated rings. The van der Waals surface area contributed by atoms with Crippen molar-refractivity contribution in [2.24, 2.45) is 0 Å². The van der Waals surface area contributed by atoms with Crippen molar-refractivity contribution in [3.63, 3.8) is 0 Å². The molecule has 0 aromatic heterocycles. The Bertz CT molecular complexity index is 655. The molecule has 1 rings (SSSR count). The molecule has 21 heavy (non-hydrogen) atoms. The summed E-state index contributed by atoms with van der Waals surface area (Å²) in [7, 11) is 0.283. The number of nitrogens with zero attached hydrogens (tertiary/aromatic N) is 1. The van der Waals surface area contributed by atoms with Crippen molar-refractivity contribution >= 4 is 27.6 Å². The fourth-order valence-electron chi connectivity index (χ4n) is 1.43. The standard InChI is InChI=1S/C12H17N3O5S/c1-15(2)11(16)7-14-21(18,19)10-5-4-8(6-9(10)13)12(17)20-3/h4-6,14H,7,13H2,1-3H3. The van der Waals surface area contributed by atoms with E-state index in [1.807, 2.05) is 0 Å². The number of anilines is 1. The number of benzene rings is 1. The Morgan fingerprint density at radius 3 is 2.43 bits per heavy atom. The summed E-state index contributed by atoms with van der Waals surface area (Å²) in [5.41, 5.74) is 5.67. The molecule has 0 bridgehead atoms. The minimum Gasteiger partial charge on any atom is -0.465 e. The molecule has 1 amide bonds. The summed E-state index contributed by atoms with van der Waals surface area (Å²) in [6, 6.07) is 3.67. The molecular formula is C12H17N3O5S. The predicted molar refractivity (Wildman–Crippen MR) is 76.1 cm³/mol. The molecule has 9 heteroatoms. The van der Waals surface area contributed by atoms with Crippen molar-refractivity contribution in [3.8, 4) is 0 Å². The summed E-state index contributed by atoms with van der Waals surface area (Å²) in [5.74, 6) is -1.02. The highest BCUT2D eigenvalue weighted by Gasteiger charge is 2.20. The fraction of sp³-hybridized carbons (Fsp3) is 0.333. The number of nitrogen functional groups attached to an aromatic ring is 1. The van der Waals surface area contributed by atoms with Gasteiger partial charge in [-0.25, -0.2) is 17.9 Å². The number of sulfonamides is 1. The number of nitrogens with two attached hydrogens (primary N) is 1. The zero-order chi connectivity index (χ0) is 16.2. The SMILES string of the molecule is COC(=O)c1ccc(S(=O)(=O)NCC(=O)N(C)C)c(N)c1. The highest BCUT2D eigenvalue weighted by atomic mass is 32.2. The van der Waals surface area contributed by atoms with Crippen LogP contribution in [0.5, 0.6) is 0 Å². The van der Waals surface area contributed by atoms with Gasteiger partial charge in [0.2, 0.25) is 15.9 Å². The van der Waals surface area contributed by atoms with Crippen LogP contribution in [-0.4, -0.2) is 52.9 Å². The number of nitrogens with one attached hydrogen (secondary N) is 1. The molecule has 0 aliphatic heterocycles. The Morgan fingerprint density at radius 1 is 1.33 bits per heavy atom. The Kier molecular flexibility index (Phi) is 5.28. The van der Waals surface area contributed by atoms with Gasteiger partial charge in [-0.15, -0.1) is 0 Å². The second-order valence-electron chi connectivity index (χ2n) is 4.36. The first-order valence-corrected chi connectivity index (χ1v) is 7.35. The van der Waals surface area contributed by atoms with Gasteiger partial charge in [0.25, 0.3) is 0 Å². The Balaban J connectivity index is 2.99. The largest absolute Gasteiger partial charge is 0.465 e. The summed E-state index contributed by atoms with van der Waals surface area (Å²) >= 11 is 0. The molecule has 0 radical (unpaired) electrons. The molecule has 8 nitrogen and oxygen atoms in total. The average molecular weight is 315 g/mol. The number of carbonyl (C=O) groups is 2. The summed E-state index contributed by atoms with van der Waals surface area (Å²) in [6.07, 6.45) is 0. The van der Waals surface area contributed by atoms with E-state index >= 15 is 0 Å². The summed E-state index contributed by atoms with van der Waals surface area (Å²) in [6.45, 7) is -0.381. The number of amides is 1. The highest BCUT2D eigenvalue weighted by molar-refractivity contribution is 7.89. The van der Waals surface area contributed by atoms with Gasteiger partial charge in [0.15, 0.2) is 0 Å². The van der Waals surface area contributed by atoms with E-state index in [4.69, 9.17) is 5.73 Å². The molecule has 0 unspecified atom stereocenters. The second kappa shape index (κ2) is 6.55. The van der Waals surface area contributed by atoms with Gasteiger partial charge in [0, 0.05) is 14.1 Å². The van der Waals surface area contributed by atoms with Gasteiger partial charge in [0.05, 0.1) is 24.9 Å². The number of carbonyl (C=O) groups excluding carboxylic acids is 2. The van der Waals surface area contributed by atoms with Crippen molar-refractivity contribution in [1.82, 2.24) is 9.62 Å². The molecule has 0 heterocycles. The molecular weight excluding hydrogens is 298 g/mol. The third-order valence-electron chi connectivity index (χ3n) is 2.63. The molecule has 0 saturated heterocycles. The van der Waals surface area contributed by atoms with Crippen LogP contribution in [0.25, 0.3) is 0 Å². The Morgan fingerprint density at radius 2 is 1.95 bits per heavy atom. The topological polar surface area (TPSA) is 119 Å². The van der Waals surface area contributed by atoms with Crippen LogP contribution in [0.15, 0.2) is 23.1 Å². The van der Waals surface area contributed by atoms with Crippen LogP contribution in [0, 0.1) is 0 Å². The number of ether oxygens (including phenoxy) is 1. The maximum atomic E-state index is 12.1. The first kappa shape index (κ1) is 16.9. The second-order valence-corrected chi connectivity index (χ2v) is 6.09. The molecule has 3 N–H and O–H groups in total. The molecule has 0 atom stereocenters. The maximum absolute atomic E-state index is 12.1. The van der Waals surface area contributed by atoms with Gasteiger partial charge in [-0.2, -0.15) is 0 Å². The van der Waals surface area contributed by atoms with Gasteiger partial charge < -0.3 is 15.4 Å². The van der Waals surface area contributed by atoms with Crippen LogP contribution in [0.3, 0.4) is 0 Å². The number of likely N-dealkylation sites (N-methyl/N-ethyl adjacent to an activating group) is 1. The van der Waals surface area contributed by atoms with Crippen LogP contribution in [-0.2, 0) is 19.6 Å². The highest BCUT2D eigenvalue weighted by Crippen LogP contribution is 2.20. The van der Waals surface area contributed by atoms with E-state index in [2.05, 4.69) is 9.46 Å². The van der Waals surface area contributed by atoms with Gasteiger partial charge >= 0.3 is 5.97 Å². The van der Waals surface area contributed by atoms with E-state index in [1.165, 1.54) is 44.3 Å². The lowest BCUT2D eigenvalue weighted by molar-refractivity contribution is -0.127. The number of hydrogen-bond donors (Lipinski definition) is 2. The van der Waals surface area contributed by atoms with Crippen molar-refractivity contribution in [2.75, 3.05) is 33.5 Å². The Labute approximate surface area is 122 Å². The van der Waals surface area contributed by atoms with Crippen LogP contribution < -0.4 is 10.5 Å². The third-order valence-corrected chi connectivity index (χ3v) is 4.11. The molecule has 1 aromatic carbocycles. The first-order chi connectivity index (χ1) is 9.69. The molecule has 0 spiro atoms. The van der Waals surface area contributed by atoms with Gasteiger partial charge in [0.1, 0.15) is 4.90 Å². The fourth-order valence-corrected chi connectivity index (χ4v) is 2.52. The molecule has 0 aliphatic carbocycles. The van der Waals surface area contributed by atoms with E-state index < -0.39 is 21.9 Å². The van der Waals surface area contributed by atoms with E-state index in [0.717, 1.165) is 0 Å². The monoisotopic (exact) mass is 315 g/mol. The van der Waals surface area contributed by atoms with Crippen LogP contribution in [0.4, 0.5) is 5.69 Å². The van der Waals surface area contributed by atoms with Crippen molar-refractivity contribution in [3.05, 3.63) is 23.8 Å². The van der Waals surface area contributed by atoms with Crippen molar-refractivity contribution in [1.29, 1.82) is 0 Å². The smallest absolute Gasteiger partial charge is 0.337 e. The minimum atomic E-state index is -3.94. The normalized spacial score (nSPS) is 11.0. The third kappa shape index (κ3) is 4.17. The van der Waals surface area contributed by atoms with Crippen LogP contribution >= 0.6 is 0 Å². The zero-order valence-electron chi connectivity index (χ0n) is 11.9. The predicted octanol–water partition coefficient (Wildman–Crippen LogP) is -0.578. The summed E-state index contributed by atoms with van der Waals surface area (Å²) < 4.78 is 30.8. The van der Waals surface area contributed by atoms with Crippen LogP contribution in [0.2, 0.25) is 0 Å². The average Bonchev–Trinajstić information content (AvgIpc) is 2.43. The van der Waals surface area contributed by atoms with Gasteiger partial charge in [-0.05, 0) is 18.2 Å². The zero-order valence-corrected chi connectivity index (χ0v) is 12.7. The van der Waals surface area contributed by atoms with E-state index in [9.17, 15) is 18.0 Å². The van der Waals surface area contributed by atoms with Gasteiger partial charge in [-0.3, -0.25) is 4.79 Å². The number of hydrogen-bond acceptors (Lipinski definition) is 6. The summed E-state index contributed by atoms with van der Waals surface area (Å²) in [4.78, 5) is 23.8. The Hall–Kier alpha value is -2.13. The maximum Gasteiger partial charge on any atom is 0.337 e. The quantitative estimate of drug-likeness (QED) is 0.554. The molecule has 0 aliphatic rings. The minimum absolute atomic E-state index is 0.109. The lowest BCUT2D eigenvalue weighted by Crippen LogP contribution is -2.36. The molecule has 116 valence electrons. The number of rotatable bonds is 5. The van der Waals surface area contributed by atoms with Gasteiger partial charge in [-0.1, -0.05) is 0 Å². The molecule has 0 saturated carbocycles. The lowest BCUT2D eigenvalue weighted by atomic mass is 10.2. The lowest BCUT2D eigenvalue weighted by Gasteiger charge is -2.12. The van der Waals surface area contributed by atoms with E-state index in [1.54, 1.807) is 0 Å². The first-order valence-electron chi connectivity index (χ1n) is 5.86. The van der Waals surface area contributed by atoms with E-state index in [0.29, 0.717) is 0 Å². The van der Waals surface area contributed by atoms with Crippen molar-refractivity contribution < 1.29 is 22.7 Å².